The first-order chi connectivity index (χ1) is 5.38. The van der Waals surface area contributed by atoms with Crippen LogP contribution >= 0.6 is 0 Å². The molecule has 1 aromatic rings. The monoisotopic (exact) mass is 148 g/mol. The Bertz CT molecular complexity index is 220. The van der Waals surface area contributed by atoms with E-state index in [0.717, 1.165) is 12.0 Å². The lowest BCUT2D eigenvalue weighted by molar-refractivity contribution is 0.540. The van der Waals surface area contributed by atoms with Gasteiger partial charge in [-0.3, -0.25) is 9.78 Å². The number of aromatic nitrogens is 1. The summed E-state index contributed by atoms with van der Waals surface area (Å²) in [6, 6.07) is 3.69. The van der Waals surface area contributed by atoms with Crippen molar-refractivity contribution in [2.24, 2.45) is 0 Å². The van der Waals surface area contributed by atoms with Gasteiger partial charge < -0.3 is 0 Å². The molecule has 1 rings (SSSR count). The molecule has 0 fully saturated rings. The van der Waals surface area contributed by atoms with Crippen molar-refractivity contribution in [3.05, 3.63) is 30.1 Å². The topological polar surface area (TPSA) is 30.0 Å². The van der Waals surface area contributed by atoms with Crippen molar-refractivity contribution < 1.29 is 4.79 Å². The van der Waals surface area contributed by atoms with E-state index in [1.165, 1.54) is 0 Å². The molecule has 0 spiro atoms. The molecule has 0 aliphatic heterocycles. The summed E-state index contributed by atoms with van der Waals surface area (Å²) in [5.74, 6) is -0.0852. The number of carbonyl (C=O) groups excluding carboxylic acids is 1. The molecule has 0 saturated heterocycles. The highest BCUT2D eigenvalue weighted by molar-refractivity contribution is 5.62. The Labute approximate surface area is 66.3 Å². The van der Waals surface area contributed by atoms with Gasteiger partial charge in [0.2, 0.25) is 6.29 Å². The summed E-state index contributed by atoms with van der Waals surface area (Å²) in [6.07, 6.45) is 6.17. The van der Waals surface area contributed by atoms with Gasteiger partial charge in [-0.1, -0.05) is 6.92 Å². The normalized spacial score (nSPS) is 12.5. The van der Waals surface area contributed by atoms with Crippen molar-refractivity contribution in [1.29, 1.82) is 0 Å². The van der Waals surface area contributed by atoms with Crippen LogP contribution < -0.4 is 0 Å². The van der Waals surface area contributed by atoms with E-state index < -0.39 is 0 Å². The van der Waals surface area contributed by atoms with Crippen LogP contribution in [0.5, 0.6) is 0 Å². The van der Waals surface area contributed by atoms with E-state index in [1.807, 2.05) is 25.3 Å². The van der Waals surface area contributed by atoms with Gasteiger partial charge in [0.25, 0.3) is 0 Å². The van der Waals surface area contributed by atoms with Crippen LogP contribution in [0.3, 0.4) is 0 Å². The molecule has 11 heavy (non-hydrogen) atoms. The zero-order valence-electron chi connectivity index (χ0n) is 6.45. The average Bonchev–Trinajstić information content (AvgIpc) is 2.09. The lowest BCUT2D eigenvalue weighted by Gasteiger charge is -2.04. The molecule has 2 heteroatoms. The number of nitrogens with zero attached hydrogens (tertiary/aromatic N) is 1. The third kappa shape index (κ3) is 1.87. The molecule has 0 saturated carbocycles. The zero-order chi connectivity index (χ0) is 8.10. The van der Waals surface area contributed by atoms with E-state index in [1.54, 1.807) is 12.4 Å². The molecule has 1 atom stereocenters. The van der Waals surface area contributed by atoms with Gasteiger partial charge >= 0.3 is 0 Å². The van der Waals surface area contributed by atoms with E-state index in [9.17, 15) is 4.79 Å². The van der Waals surface area contributed by atoms with E-state index >= 15 is 0 Å². The minimum atomic E-state index is -0.0852. The molecule has 1 radical (unpaired) electrons. The second-order valence-electron chi connectivity index (χ2n) is 2.36. The Morgan fingerprint density at radius 2 is 2.18 bits per heavy atom. The van der Waals surface area contributed by atoms with Gasteiger partial charge in [-0.2, -0.15) is 0 Å². The molecule has 0 aliphatic rings. The summed E-state index contributed by atoms with van der Waals surface area (Å²) in [4.78, 5) is 14.3. The fourth-order valence-electron chi connectivity index (χ4n) is 0.983. The van der Waals surface area contributed by atoms with Crippen molar-refractivity contribution in [3.8, 4) is 0 Å². The van der Waals surface area contributed by atoms with Crippen LogP contribution in [0.4, 0.5) is 0 Å². The highest BCUT2D eigenvalue weighted by Crippen LogP contribution is 2.14. The van der Waals surface area contributed by atoms with Crippen molar-refractivity contribution in [2.45, 2.75) is 19.3 Å². The first kappa shape index (κ1) is 7.92. The summed E-state index contributed by atoms with van der Waals surface area (Å²) < 4.78 is 0. The molecule has 1 unspecified atom stereocenters. The Morgan fingerprint density at radius 1 is 1.55 bits per heavy atom. The molecule has 0 N–H and O–H groups in total. The quantitative estimate of drug-likeness (QED) is 0.652. The van der Waals surface area contributed by atoms with Gasteiger partial charge in [0.15, 0.2) is 0 Å². The van der Waals surface area contributed by atoms with Gasteiger partial charge in [-0.05, 0) is 24.1 Å². The number of hydrogen-bond acceptors (Lipinski definition) is 2. The predicted octanol–water partition coefficient (Wildman–Crippen LogP) is 1.68. The predicted molar refractivity (Wildman–Crippen MR) is 43.0 cm³/mol. The lowest BCUT2D eigenvalue weighted by atomic mass is 10.00. The Balaban J connectivity index is 2.82. The third-order valence-corrected chi connectivity index (χ3v) is 1.66. The van der Waals surface area contributed by atoms with Crippen LogP contribution in [0, 0.1) is 0 Å². The minimum Gasteiger partial charge on any atom is -0.290 e. The highest BCUT2D eigenvalue weighted by atomic mass is 16.1. The van der Waals surface area contributed by atoms with Crippen molar-refractivity contribution in [3.63, 3.8) is 0 Å². The lowest BCUT2D eigenvalue weighted by Crippen LogP contribution is -1.97. The second kappa shape index (κ2) is 3.86. The molecule has 57 valence electrons. The fourth-order valence-corrected chi connectivity index (χ4v) is 0.983. The number of pyridine rings is 1. The SMILES string of the molecule is CCC([C]=O)c1ccncc1. The summed E-state index contributed by atoms with van der Waals surface area (Å²) >= 11 is 0. The van der Waals surface area contributed by atoms with Gasteiger partial charge in [-0.15, -0.1) is 0 Å². The standard InChI is InChI=1S/C9H10NO/c1-2-8(7-11)9-3-5-10-6-4-9/h3-6,8H,2H2,1H3. The first-order valence-corrected chi connectivity index (χ1v) is 3.66. The summed E-state index contributed by atoms with van der Waals surface area (Å²) in [6.45, 7) is 1.97. The maximum absolute atomic E-state index is 10.4. The van der Waals surface area contributed by atoms with E-state index in [0.29, 0.717) is 0 Å². The van der Waals surface area contributed by atoms with Crippen LogP contribution in [-0.4, -0.2) is 11.3 Å². The molecular weight excluding hydrogens is 138 g/mol. The summed E-state index contributed by atoms with van der Waals surface area (Å²) in [5, 5.41) is 0. The Hall–Kier alpha value is -1.18. The van der Waals surface area contributed by atoms with Crippen LogP contribution in [-0.2, 0) is 4.79 Å². The van der Waals surface area contributed by atoms with Gasteiger partial charge in [0.1, 0.15) is 0 Å². The van der Waals surface area contributed by atoms with E-state index in [2.05, 4.69) is 4.98 Å². The highest BCUT2D eigenvalue weighted by Gasteiger charge is 2.06. The van der Waals surface area contributed by atoms with Crippen molar-refractivity contribution in [2.75, 3.05) is 0 Å². The van der Waals surface area contributed by atoms with Gasteiger partial charge in [0.05, 0.1) is 5.92 Å². The van der Waals surface area contributed by atoms with Crippen LogP contribution in [0.15, 0.2) is 24.5 Å². The maximum Gasteiger partial charge on any atom is 0.206 e. The Kier molecular flexibility index (Phi) is 2.78. The van der Waals surface area contributed by atoms with Crippen LogP contribution in [0.2, 0.25) is 0 Å². The van der Waals surface area contributed by atoms with Crippen molar-refractivity contribution in [1.82, 2.24) is 4.98 Å². The first-order valence-electron chi connectivity index (χ1n) is 3.66. The van der Waals surface area contributed by atoms with Crippen LogP contribution in [0.1, 0.15) is 24.8 Å². The van der Waals surface area contributed by atoms with Crippen molar-refractivity contribution >= 4 is 6.29 Å². The van der Waals surface area contributed by atoms with Gasteiger partial charge in [0, 0.05) is 12.4 Å². The molecular formula is C9H10NO. The fraction of sp³-hybridized carbons (Fsp3) is 0.333. The Morgan fingerprint density at radius 3 is 2.64 bits per heavy atom. The average molecular weight is 148 g/mol. The van der Waals surface area contributed by atoms with Crippen LogP contribution in [0.25, 0.3) is 0 Å². The third-order valence-electron chi connectivity index (χ3n) is 1.66. The molecule has 0 aromatic carbocycles. The maximum atomic E-state index is 10.4. The largest absolute Gasteiger partial charge is 0.290 e. The molecule has 1 aromatic heterocycles. The molecule has 1 heterocycles. The van der Waals surface area contributed by atoms with Gasteiger partial charge in [-0.25, -0.2) is 0 Å². The minimum absolute atomic E-state index is 0.0852. The molecule has 0 aliphatic carbocycles. The molecule has 0 amide bonds. The second-order valence-corrected chi connectivity index (χ2v) is 2.36. The van der Waals surface area contributed by atoms with E-state index in [4.69, 9.17) is 0 Å². The zero-order valence-corrected chi connectivity index (χ0v) is 6.45. The molecule has 2 nitrogen and oxygen atoms in total. The number of rotatable bonds is 3. The summed E-state index contributed by atoms with van der Waals surface area (Å²) in [7, 11) is 0. The molecule has 0 bridgehead atoms. The summed E-state index contributed by atoms with van der Waals surface area (Å²) in [5.41, 5.74) is 0.998. The smallest absolute Gasteiger partial charge is 0.206 e. The number of hydrogen-bond donors (Lipinski definition) is 0. The van der Waals surface area contributed by atoms with E-state index in [-0.39, 0.29) is 5.92 Å².